The minimum atomic E-state index is -4.52. The van der Waals surface area contributed by atoms with E-state index in [2.05, 4.69) is 15.6 Å². The zero-order chi connectivity index (χ0) is 21.7. The molecular formula is C20H27F3IN3O3. The van der Waals surface area contributed by atoms with Gasteiger partial charge in [0.25, 0.3) is 0 Å². The summed E-state index contributed by atoms with van der Waals surface area (Å²) in [5.41, 5.74) is -2.10. The maximum Gasteiger partial charge on any atom is 0.416 e. The fourth-order valence-electron chi connectivity index (χ4n) is 2.66. The standard InChI is InChI=1S/C20H26F3N3O3.HI/c1-5-24-18(26-12-19(3,27)17-9-6-13(2)29-17)25-11-14-7-8-15(28-4)10-16(14)20(21,22)23;/h6-10,27H,5,11-12H2,1-4H3,(H2,24,25,26);1H. The molecule has 6 nitrogen and oxygen atoms in total. The average molecular weight is 541 g/mol. The van der Waals surface area contributed by atoms with Gasteiger partial charge in [-0.05, 0) is 50.6 Å². The Morgan fingerprint density at radius 2 is 1.90 bits per heavy atom. The zero-order valence-electron chi connectivity index (χ0n) is 17.3. The summed E-state index contributed by atoms with van der Waals surface area (Å²) < 4.78 is 50.4. The molecule has 0 saturated heterocycles. The summed E-state index contributed by atoms with van der Waals surface area (Å²) in [5, 5.41) is 16.5. The molecule has 30 heavy (non-hydrogen) atoms. The summed E-state index contributed by atoms with van der Waals surface area (Å²) in [7, 11) is 1.31. The fourth-order valence-corrected chi connectivity index (χ4v) is 2.66. The molecule has 0 fully saturated rings. The predicted molar refractivity (Wildman–Crippen MR) is 119 cm³/mol. The summed E-state index contributed by atoms with van der Waals surface area (Å²) in [6.45, 7) is 5.54. The van der Waals surface area contributed by atoms with E-state index in [-0.39, 0.29) is 54.3 Å². The highest BCUT2D eigenvalue weighted by Gasteiger charge is 2.33. The molecule has 0 bridgehead atoms. The van der Waals surface area contributed by atoms with E-state index in [0.717, 1.165) is 6.07 Å². The van der Waals surface area contributed by atoms with Crippen molar-refractivity contribution < 1.29 is 27.4 Å². The van der Waals surface area contributed by atoms with Crippen molar-refractivity contribution in [2.24, 2.45) is 4.99 Å². The van der Waals surface area contributed by atoms with Crippen LogP contribution in [-0.2, 0) is 18.3 Å². The lowest BCUT2D eigenvalue weighted by molar-refractivity contribution is -0.138. The Morgan fingerprint density at radius 3 is 2.43 bits per heavy atom. The van der Waals surface area contributed by atoms with E-state index in [0.29, 0.717) is 18.1 Å². The van der Waals surface area contributed by atoms with E-state index in [9.17, 15) is 18.3 Å². The number of ether oxygens (including phenoxy) is 1. The number of benzene rings is 1. The third kappa shape index (κ3) is 7.08. The van der Waals surface area contributed by atoms with Crippen LogP contribution in [0, 0.1) is 6.92 Å². The summed E-state index contributed by atoms with van der Waals surface area (Å²) >= 11 is 0. The van der Waals surface area contributed by atoms with Crippen molar-refractivity contribution >= 4 is 29.9 Å². The Bertz CT molecular complexity index is 851. The van der Waals surface area contributed by atoms with Crippen molar-refractivity contribution in [3.05, 3.63) is 53.0 Å². The molecule has 1 aromatic heterocycles. The second kappa shape index (κ2) is 10.9. The number of furan rings is 1. The molecule has 10 heteroatoms. The van der Waals surface area contributed by atoms with Crippen molar-refractivity contribution in [1.29, 1.82) is 0 Å². The average Bonchev–Trinajstić information content (AvgIpc) is 3.10. The van der Waals surface area contributed by atoms with E-state index < -0.39 is 17.3 Å². The first-order chi connectivity index (χ1) is 13.6. The highest BCUT2D eigenvalue weighted by Crippen LogP contribution is 2.34. The van der Waals surface area contributed by atoms with Gasteiger partial charge in [0.15, 0.2) is 5.96 Å². The number of rotatable bonds is 7. The van der Waals surface area contributed by atoms with Crippen molar-refractivity contribution in [2.75, 3.05) is 20.2 Å². The third-order valence-corrected chi connectivity index (χ3v) is 4.25. The number of aliphatic imine (C=N–C) groups is 1. The second-order valence-corrected chi connectivity index (χ2v) is 6.75. The summed E-state index contributed by atoms with van der Waals surface area (Å²) in [5.74, 6) is 1.45. The maximum absolute atomic E-state index is 13.4. The van der Waals surface area contributed by atoms with Gasteiger partial charge < -0.3 is 24.9 Å². The van der Waals surface area contributed by atoms with Crippen molar-refractivity contribution in [1.82, 2.24) is 10.6 Å². The second-order valence-electron chi connectivity index (χ2n) is 6.75. The van der Waals surface area contributed by atoms with Crippen LogP contribution in [0.15, 0.2) is 39.7 Å². The lowest BCUT2D eigenvalue weighted by Gasteiger charge is -2.23. The van der Waals surface area contributed by atoms with E-state index in [4.69, 9.17) is 9.15 Å². The van der Waals surface area contributed by atoms with Gasteiger partial charge in [-0.3, -0.25) is 0 Å². The summed E-state index contributed by atoms with van der Waals surface area (Å²) in [6.07, 6.45) is -4.52. The number of aryl methyl sites for hydroxylation is 1. The van der Waals surface area contributed by atoms with Crippen LogP contribution < -0.4 is 15.4 Å². The molecule has 0 aliphatic carbocycles. The van der Waals surface area contributed by atoms with Crippen LogP contribution in [0.3, 0.4) is 0 Å². The van der Waals surface area contributed by atoms with E-state index in [1.54, 1.807) is 26.0 Å². The molecule has 0 saturated carbocycles. The van der Waals surface area contributed by atoms with Gasteiger partial charge in [0, 0.05) is 6.54 Å². The molecule has 0 aliphatic rings. The van der Waals surface area contributed by atoms with Gasteiger partial charge in [-0.1, -0.05) is 6.07 Å². The molecular weight excluding hydrogens is 514 g/mol. The Labute approximate surface area is 190 Å². The first-order valence-electron chi connectivity index (χ1n) is 9.12. The molecule has 0 spiro atoms. The van der Waals surface area contributed by atoms with Gasteiger partial charge in [-0.15, -0.1) is 24.0 Å². The van der Waals surface area contributed by atoms with Gasteiger partial charge in [0.1, 0.15) is 22.9 Å². The lowest BCUT2D eigenvalue weighted by Crippen LogP contribution is -2.44. The van der Waals surface area contributed by atoms with Crippen LogP contribution in [0.25, 0.3) is 0 Å². The lowest BCUT2D eigenvalue weighted by atomic mass is 10.0. The molecule has 0 aliphatic heterocycles. The van der Waals surface area contributed by atoms with Crippen LogP contribution in [0.4, 0.5) is 13.2 Å². The molecule has 0 radical (unpaired) electrons. The Morgan fingerprint density at radius 1 is 1.20 bits per heavy atom. The quantitative estimate of drug-likeness (QED) is 0.279. The van der Waals surface area contributed by atoms with Crippen molar-refractivity contribution in [3.63, 3.8) is 0 Å². The molecule has 1 unspecified atom stereocenters. The number of aliphatic hydroxyl groups is 1. The van der Waals surface area contributed by atoms with Crippen LogP contribution in [0.1, 0.15) is 36.5 Å². The number of hydrogen-bond acceptors (Lipinski definition) is 4. The normalized spacial score (nSPS) is 13.9. The van der Waals surface area contributed by atoms with Gasteiger partial charge in [0.05, 0.1) is 25.8 Å². The van der Waals surface area contributed by atoms with Gasteiger partial charge in [-0.25, -0.2) is 4.99 Å². The van der Waals surface area contributed by atoms with Gasteiger partial charge >= 0.3 is 6.18 Å². The number of halogens is 4. The Balaban J connectivity index is 0.00000450. The molecule has 1 heterocycles. The minimum Gasteiger partial charge on any atom is -0.497 e. The molecule has 1 atom stereocenters. The van der Waals surface area contributed by atoms with E-state index in [1.165, 1.54) is 19.2 Å². The molecule has 1 aromatic carbocycles. The highest BCUT2D eigenvalue weighted by atomic mass is 127. The monoisotopic (exact) mass is 541 g/mol. The van der Waals surface area contributed by atoms with E-state index in [1.807, 2.05) is 6.92 Å². The SMILES string of the molecule is CCNC(=NCc1ccc(OC)cc1C(F)(F)F)NCC(C)(O)c1ccc(C)o1.I. The van der Waals surface area contributed by atoms with Crippen LogP contribution in [0.5, 0.6) is 5.75 Å². The fraction of sp³-hybridized carbons (Fsp3) is 0.450. The Hall–Kier alpha value is -1.95. The number of alkyl halides is 3. The topological polar surface area (TPSA) is 79.0 Å². The van der Waals surface area contributed by atoms with Gasteiger partial charge in [-0.2, -0.15) is 13.2 Å². The van der Waals surface area contributed by atoms with Crippen LogP contribution in [-0.4, -0.2) is 31.3 Å². The van der Waals surface area contributed by atoms with Crippen LogP contribution >= 0.6 is 24.0 Å². The molecule has 2 rings (SSSR count). The molecule has 0 amide bonds. The Kier molecular flexibility index (Phi) is 9.47. The third-order valence-electron chi connectivity index (χ3n) is 4.25. The number of nitrogens with one attached hydrogen (secondary N) is 2. The highest BCUT2D eigenvalue weighted by molar-refractivity contribution is 14.0. The molecule has 2 aromatic rings. The van der Waals surface area contributed by atoms with Crippen LogP contribution in [0.2, 0.25) is 0 Å². The van der Waals surface area contributed by atoms with E-state index >= 15 is 0 Å². The molecule has 3 N–H and O–H groups in total. The number of methoxy groups -OCH3 is 1. The predicted octanol–water partition coefficient (Wildman–Crippen LogP) is 4.20. The summed E-state index contributed by atoms with van der Waals surface area (Å²) in [6, 6.07) is 7.18. The first-order valence-corrected chi connectivity index (χ1v) is 9.12. The van der Waals surface area contributed by atoms with Crippen molar-refractivity contribution in [3.8, 4) is 5.75 Å². The first kappa shape index (κ1) is 26.1. The number of guanidine groups is 1. The summed E-state index contributed by atoms with van der Waals surface area (Å²) in [4.78, 5) is 4.23. The smallest absolute Gasteiger partial charge is 0.416 e. The molecule has 168 valence electrons. The number of hydrogen-bond donors (Lipinski definition) is 3. The zero-order valence-corrected chi connectivity index (χ0v) is 19.6. The largest absolute Gasteiger partial charge is 0.497 e. The minimum absolute atomic E-state index is 0. The number of nitrogens with zero attached hydrogens (tertiary/aromatic N) is 1. The maximum atomic E-state index is 13.4. The van der Waals surface area contributed by atoms with Crippen molar-refractivity contribution in [2.45, 2.75) is 39.1 Å². The van der Waals surface area contributed by atoms with Gasteiger partial charge in [0.2, 0.25) is 0 Å².